The van der Waals surface area contributed by atoms with Crippen molar-refractivity contribution in [2.45, 2.75) is 25.8 Å². The molecule has 1 saturated heterocycles. The van der Waals surface area contributed by atoms with Crippen LogP contribution in [0.25, 0.3) is 5.52 Å². The minimum atomic E-state index is -0.203. The van der Waals surface area contributed by atoms with Gasteiger partial charge in [0.1, 0.15) is 11.3 Å². The van der Waals surface area contributed by atoms with Crippen molar-refractivity contribution in [3.05, 3.63) is 54.2 Å². The molecule has 1 N–H and O–H groups in total. The largest absolute Gasteiger partial charge is 0.382 e. The van der Waals surface area contributed by atoms with Gasteiger partial charge >= 0.3 is 0 Å². The van der Waals surface area contributed by atoms with Crippen LogP contribution in [0.5, 0.6) is 0 Å². The SMILES string of the molecule is Cc1cc2c(N3CCC(Nc4ccc(F)cc4)CC3)nccn2n1. The summed E-state index contributed by atoms with van der Waals surface area (Å²) >= 11 is 0. The van der Waals surface area contributed by atoms with E-state index in [1.165, 1.54) is 12.1 Å². The summed E-state index contributed by atoms with van der Waals surface area (Å²) in [6.07, 6.45) is 5.73. The van der Waals surface area contributed by atoms with Crippen LogP contribution < -0.4 is 10.2 Å². The van der Waals surface area contributed by atoms with Gasteiger partial charge in [0.15, 0.2) is 5.82 Å². The van der Waals surface area contributed by atoms with Gasteiger partial charge in [-0.3, -0.25) is 0 Å². The second kappa shape index (κ2) is 6.11. The fourth-order valence-corrected chi connectivity index (χ4v) is 3.29. The van der Waals surface area contributed by atoms with Crippen molar-refractivity contribution in [3.8, 4) is 0 Å². The second-order valence-electron chi connectivity index (χ2n) is 6.28. The molecule has 1 fully saturated rings. The Labute approximate surface area is 140 Å². The average Bonchev–Trinajstić information content (AvgIpc) is 2.98. The molecule has 1 aromatic carbocycles. The lowest BCUT2D eigenvalue weighted by molar-refractivity contribution is 0.524. The fourth-order valence-electron chi connectivity index (χ4n) is 3.29. The van der Waals surface area contributed by atoms with E-state index in [1.54, 1.807) is 18.3 Å². The zero-order chi connectivity index (χ0) is 16.5. The summed E-state index contributed by atoms with van der Waals surface area (Å²) < 4.78 is 14.9. The summed E-state index contributed by atoms with van der Waals surface area (Å²) in [6, 6.07) is 9.04. The van der Waals surface area contributed by atoms with Gasteiger partial charge in [-0.15, -0.1) is 0 Å². The van der Waals surface area contributed by atoms with Gasteiger partial charge < -0.3 is 10.2 Å². The van der Waals surface area contributed by atoms with E-state index in [0.717, 1.165) is 48.6 Å². The predicted octanol–water partition coefficient (Wildman–Crippen LogP) is 3.26. The van der Waals surface area contributed by atoms with Gasteiger partial charge in [-0.1, -0.05) is 0 Å². The van der Waals surface area contributed by atoms with E-state index < -0.39 is 0 Å². The summed E-state index contributed by atoms with van der Waals surface area (Å²) in [5.74, 6) is 0.795. The van der Waals surface area contributed by atoms with Crippen molar-refractivity contribution >= 4 is 17.0 Å². The minimum Gasteiger partial charge on any atom is -0.382 e. The van der Waals surface area contributed by atoms with Gasteiger partial charge in [-0.25, -0.2) is 13.9 Å². The van der Waals surface area contributed by atoms with Gasteiger partial charge in [0, 0.05) is 37.2 Å². The van der Waals surface area contributed by atoms with Crippen LogP contribution in [0.4, 0.5) is 15.9 Å². The first-order valence-electron chi connectivity index (χ1n) is 8.27. The van der Waals surface area contributed by atoms with Crippen LogP contribution in [0.3, 0.4) is 0 Å². The third-order valence-electron chi connectivity index (χ3n) is 4.50. The highest BCUT2D eigenvalue weighted by molar-refractivity contribution is 5.69. The van der Waals surface area contributed by atoms with E-state index >= 15 is 0 Å². The van der Waals surface area contributed by atoms with E-state index in [-0.39, 0.29) is 5.82 Å². The Bertz CT molecular complexity index is 834. The summed E-state index contributed by atoms with van der Waals surface area (Å²) in [5, 5.41) is 7.94. The normalized spacial score (nSPS) is 15.8. The maximum atomic E-state index is 13.0. The number of aryl methyl sites for hydroxylation is 1. The summed E-state index contributed by atoms with van der Waals surface area (Å²) in [5.41, 5.74) is 3.03. The van der Waals surface area contributed by atoms with Crippen LogP contribution in [-0.4, -0.2) is 33.7 Å². The zero-order valence-corrected chi connectivity index (χ0v) is 13.6. The Morgan fingerprint density at radius 3 is 2.67 bits per heavy atom. The molecule has 0 atom stereocenters. The quantitative estimate of drug-likeness (QED) is 0.803. The number of nitrogens with one attached hydrogen (secondary N) is 1. The number of rotatable bonds is 3. The first kappa shape index (κ1) is 14.9. The Morgan fingerprint density at radius 1 is 1.17 bits per heavy atom. The molecular weight excluding hydrogens is 305 g/mol. The van der Waals surface area contributed by atoms with Crippen LogP contribution in [0.2, 0.25) is 0 Å². The number of halogens is 1. The molecule has 0 unspecified atom stereocenters. The minimum absolute atomic E-state index is 0.203. The van der Waals surface area contributed by atoms with Crippen molar-refractivity contribution in [3.63, 3.8) is 0 Å². The highest BCUT2D eigenvalue weighted by atomic mass is 19.1. The Morgan fingerprint density at radius 2 is 1.92 bits per heavy atom. The van der Waals surface area contributed by atoms with Gasteiger partial charge in [-0.05, 0) is 50.1 Å². The Kier molecular flexibility index (Phi) is 3.80. The number of fused-ring (bicyclic) bond motifs is 1. The first-order chi connectivity index (χ1) is 11.7. The molecule has 1 aliphatic rings. The lowest BCUT2D eigenvalue weighted by Gasteiger charge is -2.33. The number of piperidine rings is 1. The molecule has 0 spiro atoms. The molecular formula is C18H20FN5. The van der Waals surface area contributed by atoms with E-state index in [2.05, 4.69) is 26.4 Å². The lowest BCUT2D eigenvalue weighted by Crippen LogP contribution is -2.39. The second-order valence-corrected chi connectivity index (χ2v) is 6.28. The monoisotopic (exact) mass is 325 g/mol. The van der Waals surface area contributed by atoms with Crippen molar-refractivity contribution < 1.29 is 4.39 Å². The average molecular weight is 325 g/mol. The molecule has 24 heavy (non-hydrogen) atoms. The highest BCUT2D eigenvalue weighted by Crippen LogP contribution is 2.24. The molecule has 6 heteroatoms. The summed E-state index contributed by atoms with van der Waals surface area (Å²) in [7, 11) is 0. The van der Waals surface area contributed by atoms with Crippen LogP contribution in [0, 0.1) is 12.7 Å². The maximum Gasteiger partial charge on any atom is 0.154 e. The number of aromatic nitrogens is 3. The molecule has 124 valence electrons. The molecule has 0 aliphatic carbocycles. The van der Waals surface area contributed by atoms with Crippen molar-refractivity contribution in [2.75, 3.05) is 23.3 Å². The first-order valence-corrected chi connectivity index (χ1v) is 8.27. The molecule has 0 bridgehead atoms. The molecule has 4 rings (SSSR count). The number of anilines is 2. The molecule has 0 amide bonds. The van der Waals surface area contributed by atoms with Crippen LogP contribution in [0.1, 0.15) is 18.5 Å². The van der Waals surface area contributed by atoms with Crippen LogP contribution in [-0.2, 0) is 0 Å². The number of hydrogen-bond donors (Lipinski definition) is 1. The molecule has 1 aliphatic heterocycles. The predicted molar refractivity (Wildman–Crippen MR) is 93.0 cm³/mol. The molecule has 2 aromatic heterocycles. The Hall–Kier alpha value is -2.63. The summed E-state index contributed by atoms with van der Waals surface area (Å²) in [6.45, 7) is 3.88. The molecule has 3 aromatic rings. The van der Waals surface area contributed by atoms with Crippen LogP contribution in [0.15, 0.2) is 42.7 Å². The maximum absolute atomic E-state index is 13.0. The van der Waals surface area contributed by atoms with Crippen molar-refractivity contribution in [2.24, 2.45) is 0 Å². The van der Waals surface area contributed by atoms with E-state index in [1.807, 2.05) is 17.6 Å². The van der Waals surface area contributed by atoms with Gasteiger partial charge in [-0.2, -0.15) is 5.10 Å². The standard InChI is InChI=1S/C18H20FN5/c1-13-12-17-18(20-8-11-24(17)22-13)23-9-6-16(7-10-23)21-15-4-2-14(19)3-5-15/h2-5,8,11-12,16,21H,6-7,9-10H2,1H3. The van der Waals surface area contributed by atoms with Gasteiger partial charge in [0.25, 0.3) is 0 Å². The zero-order valence-electron chi connectivity index (χ0n) is 13.6. The molecule has 0 saturated carbocycles. The van der Waals surface area contributed by atoms with Crippen LogP contribution >= 0.6 is 0 Å². The highest BCUT2D eigenvalue weighted by Gasteiger charge is 2.22. The van der Waals surface area contributed by atoms with Crippen molar-refractivity contribution in [1.82, 2.24) is 14.6 Å². The number of nitrogens with zero attached hydrogens (tertiary/aromatic N) is 4. The molecule has 0 radical (unpaired) electrons. The number of benzene rings is 1. The van der Waals surface area contributed by atoms with E-state index in [9.17, 15) is 4.39 Å². The van der Waals surface area contributed by atoms with E-state index in [0.29, 0.717) is 6.04 Å². The third-order valence-corrected chi connectivity index (χ3v) is 4.50. The molecule has 3 heterocycles. The molecule has 5 nitrogen and oxygen atoms in total. The van der Waals surface area contributed by atoms with Gasteiger partial charge in [0.05, 0.1) is 5.69 Å². The van der Waals surface area contributed by atoms with Gasteiger partial charge in [0.2, 0.25) is 0 Å². The number of hydrogen-bond acceptors (Lipinski definition) is 4. The Balaban J connectivity index is 1.44. The topological polar surface area (TPSA) is 45.5 Å². The third kappa shape index (κ3) is 2.91. The fraction of sp³-hybridized carbons (Fsp3) is 0.333. The summed E-state index contributed by atoms with van der Waals surface area (Å²) in [4.78, 5) is 6.88. The smallest absolute Gasteiger partial charge is 0.154 e. The lowest BCUT2D eigenvalue weighted by atomic mass is 10.0. The van der Waals surface area contributed by atoms with E-state index in [4.69, 9.17) is 0 Å². The van der Waals surface area contributed by atoms with Crippen molar-refractivity contribution in [1.29, 1.82) is 0 Å².